The Bertz CT molecular complexity index is 1030. The number of allylic oxidation sites excluding steroid dienone is 1. The predicted octanol–water partition coefficient (Wildman–Crippen LogP) is 3.46. The minimum Gasteiger partial charge on any atom is -0.398 e. The summed E-state index contributed by atoms with van der Waals surface area (Å²) in [5, 5.41) is 1.15. The number of nitrogens with two attached hydrogens (primary N) is 1. The monoisotopic (exact) mass is 389 g/mol. The van der Waals surface area contributed by atoms with Gasteiger partial charge < -0.3 is 15.5 Å². The molecule has 1 aliphatic heterocycles. The molecule has 1 fully saturated rings. The number of benzene rings is 2. The Labute approximate surface area is 171 Å². The number of ether oxygens (including phenoxy) is 1. The van der Waals surface area contributed by atoms with Gasteiger partial charge in [-0.05, 0) is 30.5 Å². The third-order valence-electron chi connectivity index (χ3n) is 5.55. The van der Waals surface area contributed by atoms with Gasteiger partial charge in [-0.15, -0.1) is 0 Å². The number of ketones is 1. The third kappa shape index (κ3) is 4.11. The molecule has 0 atom stereocenters. The summed E-state index contributed by atoms with van der Waals surface area (Å²) >= 11 is 0. The van der Waals surface area contributed by atoms with E-state index in [1.54, 1.807) is 6.92 Å². The van der Waals surface area contributed by atoms with Crippen molar-refractivity contribution in [2.45, 2.75) is 13.3 Å². The lowest BCUT2D eigenvalue weighted by Crippen LogP contribution is -2.37. The molecule has 0 saturated carbocycles. The first-order valence-electron chi connectivity index (χ1n) is 10.1. The molecular formula is C24H27N3O2. The molecule has 150 valence electrons. The number of H-pyrrole nitrogens is 1. The topological polar surface area (TPSA) is 71.4 Å². The molecule has 5 heteroatoms. The molecule has 0 radical (unpaired) electrons. The van der Waals surface area contributed by atoms with Crippen molar-refractivity contribution in [2.75, 3.05) is 32.8 Å². The number of fused-ring (bicyclic) bond motifs is 1. The van der Waals surface area contributed by atoms with Crippen LogP contribution in [-0.4, -0.2) is 48.5 Å². The molecule has 3 aromatic rings. The molecule has 29 heavy (non-hydrogen) atoms. The summed E-state index contributed by atoms with van der Waals surface area (Å²) < 4.78 is 5.46. The second-order valence-electron chi connectivity index (χ2n) is 7.44. The number of morpholine rings is 1. The fourth-order valence-electron chi connectivity index (χ4n) is 4.03. The first-order valence-corrected chi connectivity index (χ1v) is 10.1. The molecule has 1 aromatic heterocycles. The van der Waals surface area contributed by atoms with E-state index in [1.807, 2.05) is 48.5 Å². The number of nitrogens with one attached hydrogen (secondary N) is 1. The number of nitrogens with zero attached hydrogens (tertiary/aromatic N) is 1. The summed E-state index contributed by atoms with van der Waals surface area (Å²) in [5.41, 5.74) is 11.5. The fraction of sp³-hybridized carbons (Fsp3) is 0.292. The Morgan fingerprint density at radius 3 is 2.48 bits per heavy atom. The van der Waals surface area contributed by atoms with Crippen LogP contribution in [0, 0.1) is 0 Å². The Morgan fingerprint density at radius 1 is 1.07 bits per heavy atom. The molecule has 4 rings (SSSR count). The molecule has 0 amide bonds. The average molecular weight is 389 g/mol. The Hall–Kier alpha value is -2.89. The molecule has 0 aliphatic carbocycles. The van der Waals surface area contributed by atoms with E-state index < -0.39 is 0 Å². The summed E-state index contributed by atoms with van der Waals surface area (Å²) in [6.45, 7) is 5.95. The molecule has 5 nitrogen and oxygen atoms in total. The van der Waals surface area contributed by atoms with E-state index in [0.717, 1.165) is 67.0 Å². The maximum Gasteiger partial charge on any atom is 0.164 e. The number of carbonyl (C=O) groups is 1. The van der Waals surface area contributed by atoms with Gasteiger partial charge in [-0.2, -0.15) is 0 Å². The van der Waals surface area contributed by atoms with Crippen LogP contribution in [0.5, 0.6) is 0 Å². The van der Waals surface area contributed by atoms with Crippen molar-refractivity contribution in [1.82, 2.24) is 9.88 Å². The zero-order chi connectivity index (χ0) is 20.2. The first-order chi connectivity index (χ1) is 14.1. The number of aromatic nitrogens is 1. The first kappa shape index (κ1) is 19.4. The molecule has 3 N–H and O–H groups in total. The molecular weight excluding hydrogens is 362 g/mol. The molecule has 0 spiro atoms. The highest BCUT2D eigenvalue weighted by atomic mass is 16.5. The van der Waals surface area contributed by atoms with Gasteiger partial charge in [0, 0.05) is 30.5 Å². The highest BCUT2D eigenvalue weighted by Crippen LogP contribution is 2.31. The van der Waals surface area contributed by atoms with Crippen LogP contribution in [0.15, 0.2) is 54.6 Å². The SMILES string of the molecule is CC(=O)/C(=C(/N)c1ccccc1)c1[nH]c2ccccc2c1CCN1CCOCC1. The van der Waals surface area contributed by atoms with Crippen molar-refractivity contribution < 1.29 is 9.53 Å². The second-order valence-corrected chi connectivity index (χ2v) is 7.44. The van der Waals surface area contributed by atoms with E-state index in [9.17, 15) is 4.79 Å². The number of Topliss-reactive ketones (excluding diaryl/α,β-unsaturated/α-hetero) is 1. The predicted molar refractivity (Wildman–Crippen MR) is 117 cm³/mol. The van der Waals surface area contributed by atoms with Crippen molar-refractivity contribution in [2.24, 2.45) is 5.73 Å². The van der Waals surface area contributed by atoms with Gasteiger partial charge in [0.05, 0.1) is 30.2 Å². The largest absolute Gasteiger partial charge is 0.398 e. The van der Waals surface area contributed by atoms with Gasteiger partial charge in [-0.25, -0.2) is 0 Å². The van der Waals surface area contributed by atoms with Gasteiger partial charge in [0.25, 0.3) is 0 Å². The number of hydrogen-bond acceptors (Lipinski definition) is 4. The van der Waals surface area contributed by atoms with Crippen LogP contribution < -0.4 is 5.73 Å². The lowest BCUT2D eigenvalue weighted by atomic mass is 9.96. The van der Waals surface area contributed by atoms with E-state index >= 15 is 0 Å². The van der Waals surface area contributed by atoms with Crippen LogP contribution in [0.2, 0.25) is 0 Å². The fourth-order valence-corrected chi connectivity index (χ4v) is 4.03. The van der Waals surface area contributed by atoms with Crippen LogP contribution in [0.4, 0.5) is 0 Å². The van der Waals surface area contributed by atoms with Crippen molar-refractivity contribution in [1.29, 1.82) is 0 Å². The molecule has 2 heterocycles. The van der Waals surface area contributed by atoms with Crippen LogP contribution in [0.1, 0.15) is 23.7 Å². The number of carbonyl (C=O) groups excluding carboxylic acids is 1. The van der Waals surface area contributed by atoms with Crippen LogP contribution in [0.3, 0.4) is 0 Å². The van der Waals surface area contributed by atoms with Crippen molar-refractivity contribution in [3.05, 3.63) is 71.4 Å². The van der Waals surface area contributed by atoms with Crippen molar-refractivity contribution >= 4 is 28.0 Å². The summed E-state index contributed by atoms with van der Waals surface area (Å²) in [6.07, 6.45) is 0.845. The lowest BCUT2D eigenvalue weighted by Gasteiger charge is -2.26. The van der Waals surface area contributed by atoms with Gasteiger partial charge in [-0.1, -0.05) is 48.5 Å². The standard InChI is InChI=1S/C24H27N3O2/c1-17(28)22(23(25)18-7-3-2-4-8-18)24-20(11-12-27-13-15-29-16-14-27)19-9-5-6-10-21(19)26-24/h2-10,26H,11-16,25H2,1H3/b23-22-. The second kappa shape index (κ2) is 8.64. The smallest absolute Gasteiger partial charge is 0.164 e. The van der Waals surface area contributed by atoms with Gasteiger partial charge in [-0.3, -0.25) is 9.69 Å². The van der Waals surface area contributed by atoms with Crippen molar-refractivity contribution in [3.8, 4) is 0 Å². The van der Waals surface area contributed by atoms with Crippen LogP contribution in [-0.2, 0) is 16.0 Å². The molecule has 1 aliphatic rings. The highest BCUT2D eigenvalue weighted by molar-refractivity contribution is 6.27. The van der Waals surface area contributed by atoms with E-state index in [2.05, 4.69) is 16.0 Å². The molecule has 1 saturated heterocycles. The molecule has 0 unspecified atom stereocenters. The maximum atomic E-state index is 12.7. The van der Waals surface area contributed by atoms with Crippen molar-refractivity contribution in [3.63, 3.8) is 0 Å². The third-order valence-corrected chi connectivity index (χ3v) is 5.55. The molecule has 2 aromatic carbocycles. The van der Waals surface area contributed by atoms with Gasteiger partial charge >= 0.3 is 0 Å². The Balaban J connectivity index is 1.79. The summed E-state index contributed by atoms with van der Waals surface area (Å²) in [4.78, 5) is 18.6. The van der Waals surface area contributed by atoms with E-state index in [1.165, 1.54) is 0 Å². The van der Waals surface area contributed by atoms with Gasteiger partial charge in [0.15, 0.2) is 5.78 Å². The maximum absolute atomic E-state index is 12.7. The van der Waals surface area contributed by atoms with Gasteiger partial charge in [0.1, 0.15) is 0 Å². The Morgan fingerprint density at radius 2 is 1.76 bits per heavy atom. The quantitative estimate of drug-likeness (QED) is 0.634. The minimum atomic E-state index is -0.0365. The summed E-state index contributed by atoms with van der Waals surface area (Å²) in [7, 11) is 0. The zero-order valence-corrected chi connectivity index (χ0v) is 16.8. The van der Waals surface area contributed by atoms with Crippen LogP contribution in [0.25, 0.3) is 22.2 Å². The summed E-state index contributed by atoms with van der Waals surface area (Å²) in [6, 6.07) is 17.9. The number of aromatic amines is 1. The number of para-hydroxylation sites is 1. The zero-order valence-electron chi connectivity index (χ0n) is 16.8. The number of rotatable bonds is 6. The van der Waals surface area contributed by atoms with Crippen LogP contribution >= 0.6 is 0 Å². The highest BCUT2D eigenvalue weighted by Gasteiger charge is 2.22. The normalized spacial score (nSPS) is 16.0. The minimum absolute atomic E-state index is 0.0365. The van der Waals surface area contributed by atoms with Gasteiger partial charge in [0.2, 0.25) is 0 Å². The Kier molecular flexibility index (Phi) is 5.79. The van der Waals surface area contributed by atoms with E-state index in [0.29, 0.717) is 11.3 Å². The average Bonchev–Trinajstić information content (AvgIpc) is 3.11. The molecule has 0 bridgehead atoms. The van der Waals surface area contributed by atoms with E-state index in [-0.39, 0.29) is 5.78 Å². The summed E-state index contributed by atoms with van der Waals surface area (Å²) in [5.74, 6) is -0.0365. The van der Waals surface area contributed by atoms with E-state index in [4.69, 9.17) is 10.5 Å². The number of hydrogen-bond donors (Lipinski definition) is 2. The lowest BCUT2D eigenvalue weighted by molar-refractivity contribution is -0.111.